The number of hydrogen-bond donors (Lipinski definition) is 1. The van der Waals surface area contributed by atoms with Crippen LogP contribution in [0.3, 0.4) is 0 Å². The summed E-state index contributed by atoms with van der Waals surface area (Å²) in [4.78, 5) is 4.58. The number of piperazine rings is 1. The van der Waals surface area contributed by atoms with E-state index < -0.39 is 0 Å². The molecule has 1 saturated heterocycles. The predicted molar refractivity (Wildman–Crippen MR) is 112 cm³/mol. The molecule has 8 heteroatoms. The fourth-order valence-electron chi connectivity index (χ4n) is 3.24. The summed E-state index contributed by atoms with van der Waals surface area (Å²) in [6.07, 6.45) is 0. The van der Waals surface area contributed by atoms with Crippen molar-refractivity contribution >= 4 is 46.2 Å². The summed E-state index contributed by atoms with van der Waals surface area (Å²) >= 11 is 17.6. The number of anilines is 1. The van der Waals surface area contributed by atoms with Gasteiger partial charge in [-0.25, -0.2) is 0 Å². The van der Waals surface area contributed by atoms with Gasteiger partial charge < -0.3 is 19.7 Å². The van der Waals surface area contributed by atoms with Crippen LogP contribution >= 0.6 is 35.4 Å². The zero-order valence-electron chi connectivity index (χ0n) is 14.6. The Morgan fingerprint density at radius 3 is 2.41 bits per heavy atom. The molecule has 0 amide bonds. The highest BCUT2D eigenvalue weighted by Crippen LogP contribution is 2.32. The molecule has 5 nitrogen and oxygen atoms in total. The first-order valence-corrected chi connectivity index (χ1v) is 9.86. The van der Waals surface area contributed by atoms with E-state index in [9.17, 15) is 0 Å². The molecule has 142 valence electrons. The summed E-state index contributed by atoms with van der Waals surface area (Å²) in [7, 11) is 0. The molecule has 0 unspecified atom stereocenters. The van der Waals surface area contributed by atoms with Crippen LogP contribution in [0.25, 0.3) is 0 Å². The predicted octanol–water partition coefficient (Wildman–Crippen LogP) is 4.24. The quantitative estimate of drug-likeness (QED) is 0.744. The lowest BCUT2D eigenvalue weighted by molar-refractivity contribution is 0.173. The number of halogens is 2. The summed E-state index contributed by atoms with van der Waals surface area (Å²) in [6.45, 7) is 4.79. The molecule has 0 aliphatic carbocycles. The molecule has 0 atom stereocenters. The van der Waals surface area contributed by atoms with Gasteiger partial charge in [0.05, 0.1) is 0 Å². The van der Waals surface area contributed by atoms with Crippen molar-refractivity contribution in [1.82, 2.24) is 9.80 Å². The normalized spacial score (nSPS) is 16.4. The molecule has 27 heavy (non-hydrogen) atoms. The maximum atomic E-state index is 6.05. The highest BCUT2D eigenvalue weighted by molar-refractivity contribution is 7.80. The summed E-state index contributed by atoms with van der Waals surface area (Å²) in [5, 5.41) is 5.09. The number of benzene rings is 2. The van der Waals surface area contributed by atoms with E-state index in [0.717, 1.165) is 49.9 Å². The van der Waals surface area contributed by atoms with Crippen LogP contribution < -0.4 is 14.8 Å². The number of rotatable bonds is 3. The summed E-state index contributed by atoms with van der Waals surface area (Å²) in [5.41, 5.74) is 2.03. The minimum Gasteiger partial charge on any atom is -0.454 e. The van der Waals surface area contributed by atoms with Crippen LogP contribution in [-0.2, 0) is 6.54 Å². The third-order valence-corrected chi connectivity index (χ3v) is 5.41. The molecular formula is C19H19Cl2N3O2S. The topological polar surface area (TPSA) is 37.0 Å². The molecule has 0 aromatic heterocycles. The van der Waals surface area contributed by atoms with Crippen LogP contribution in [0.15, 0.2) is 36.4 Å². The highest BCUT2D eigenvalue weighted by atomic mass is 35.5. The van der Waals surface area contributed by atoms with E-state index in [-0.39, 0.29) is 0 Å². The summed E-state index contributed by atoms with van der Waals surface area (Å²) in [5.74, 6) is 1.65. The zero-order chi connectivity index (χ0) is 18.8. The maximum absolute atomic E-state index is 6.05. The van der Waals surface area contributed by atoms with E-state index in [2.05, 4.69) is 27.2 Å². The van der Waals surface area contributed by atoms with Gasteiger partial charge in [0.2, 0.25) is 6.79 Å². The Labute approximate surface area is 173 Å². The fourth-order valence-corrected chi connectivity index (χ4v) is 4.06. The number of hydrogen-bond acceptors (Lipinski definition) is 4. The fraction of sp³-hybridized carbons (Fsp3) is 0.316. The van der Waals surface area contributed by atoms with Gasteiger partial charge in [-0.2, -0.15) is 0 Å². The number of ether oxygens (including phenoxy) is 2. The molecule has 0 saturated carbocycles. The van der Waals surface area contributed by atoms with Crippen molar-refractivity contribution in [3.05, 3.63) is 52.0 Å². The Balaban J connectivity index is 1.30. The number of nitrogens with zero attached hydrogens (tertiary/aromatic N) is 2. The third-order valence-electron chi connectivity index (χ3n) is 4.62. The molecule has 1 N–H and O–H groups in total. The molecule has 2 heterocycles. The first kappa shape index (κ1) is 18.6. The smallest absolute Gasteiger partial charge is 0.231 e. The largest absolute Gasteiger partial charge is 0.454 e. The molecule has 4 rings (SSSR count). The lowest BCUT2D eigenvalue weighted by Gasteiger charge is -2.36. The highest BCUT2D eigenvalue weighted by Gasteiger charge is 2.20. The zero-order valence-corrected chi connectivity index (χ0v) is 16.9. The number of thiocarbonyl (C=S) groups is 1. The van der Waals surface area contributed by atoms with Crippen molar-refractivity contribution in [2.24, 2.45) is 0 Å². The van der Waals surface area contributed by atoms with E-state index in [1.807, 2.05) is 18.2 Å². The van der Waals surface area contributed by atoms with Crippen molar-refractivity contribution in [2.45, 2.75) is 6.54 Å². The average Bonchev–Trinajstić information content (AvgIpc) is 3.09. The van der Waals surface area contributed by atoms with Gasteiger partial charge in [-0.05, 0) is 48.1 Å². The molecule has 1 fully saturated rings. The number of fused-ring (bicyclic) bond motifs is 1. The number of nitrogens with one attached hydrogen (secondary N) is 1. The summed E-state index contributed by atoms with van der Waals surface area (Å²) < 4.78 is 10.8. The molecule has 0 radical (unpaired) electrons. The first-order valence-electron chi connectivity index (χ1n) is 8.70. The maximum Gasteiger partial charge on any atom is 0.231 e. The van der Waals surface area contributed by atoms with E-state index in [4.69, 9.17) is 44.9 Å². The van der Waals surface area contributed by atoms with Crippen molar-refractivity contribution in [3.63, 3.8) is 0 Å². The lowest BCUT2D eigenvalue weighted by Crippen LogP contribution is -2.49. The molecule has 2 aromatic rings. The SMILES string of the molecule is S=C(Nc1cc(Cl)cc(Cl)c1)N1CCN(Cc2ccc3c(c2)OCO3)CC1. The van der Waals surface area contributed by atoms with Crippen LogP contribution in [0.1, 0.15) is 5.56 Å². The second kappa shape index (κ2) is 8.10. The Kier molecular flexibility index (Phi) is 5.59. The monoisotopic (exact) mass is 423 g/mol. The van der Waals surface area contributed by atoms with Crippen LogP contribution in [0.2, 0.25) is 10.0 Å². The third kappa shape index (κ3) is 4.58. The van der Waals surface area contributed by atoms with Crippen LogP contribution in [0, 0.1) is 0 Å². The lowest BCUT2D eigenvalue weighted by atomic mass is 10.1. The van der Waals surface area contributed by atoms with Gasteiger partial charge in [0.1, 0.15) is 0 Å². The second-order valence-electron chi connectivity index (χ2n) is 6.54. The van der Waals surface area contributed by atoms with Crippen molar-refractivity contribution in [1.29, 1.82) is 0 Å². The molecule has 0 bridgehead atoms. The van der Waals surface area contributed by atoms with Crippen molar-refractivity contribution in [2.75, 3.05) is 38.3 Å². The van der Waals surface area contributed by atoms with Gasteiger partial charge in [-0.1, -0.05) is 29.3 Å². The van der Waals surface area contributed by atoms with Gasteiger partial charge in [-0.3, -0.25) is 4.90 Å². The van der Waals surface area contributed by atoms with Crippen molar-refractivity contribution in [3.8, 4) is 11.5 Å². The van der Waals surface area contributed by atoms with Gasteiger partial charge in [0.25, 0.3) is 0 Å². The minimum atomic E-state index is 0.305. The summed E-state index contributed by atoms with van der Waals surface area (Å²) in [6, 6.07) is 11.5. The van der Waals surface area contributed by atoms with E-state index in [1.165, 1.54) is 5.56 Å². The van der Waals surface area contributed by atoms with Crippen LogP contribution in [-0.4, -0.2) is 47.9 Å². The van der Waals surface area contributed by atoms with Gasteiger partial charge in [0, 0.05) is 48.5 Å². The van der Waals surface area contributed by atoms with Crippen LogP contribution in [0.4, 0.5) is 5.69 Å². The average molecular weight is 424 g/mol. The van der Waals surface area contributed by atoms with Gasteiger partial charge in [-0.15, -0.1) is 0 Å². The molecule has 2 aliphatic rings. The van der Waals surface area contributed by atoms with Crippen LogP contribution in [0.5, 0.6) is 11.5 Å². The Morgan fingerprint density at radius 2 is 1.67 bits per heavy atom. The minimum absolute atomic E-state index is 0.305. The molecule has 0 spiro atoms. The standard InChI is InChI=1S/C19H19Cl2N3O2S/c20-14-8-15(21)10-16(9-14)22-19(27)24-5-3-23(4-6-24)11-13-1-2-17-18(7-13)26-12-25-17/h1-2,7-10H,3-6,11-12H2,(H,22,27). The second-order valence-corrected chi connectivity index (χ2v) is 7.80. The van der Waals surface area contributed by atoms with E-state index in [0.29, 0.717) is 22.0 Å². The Bertz CT molecular complexity index is 837. The van der Waals surface area contributed by atoms with E-state index >= 15 is 0 Å². The first-order chi connectivity index (χ1) is 13.1. The Hall–Kier alpha value is -1.73. The molecular weight excluding hydrogens is 405 g/mol. The Morgan fingerprint density at radius 1 is 0.963 bits per heavy atom. The van der Waals surface area contributed by atoms with E-state index in [1.54, 1.807) is 6.07 Å². The van der Waals surface area contributed by atoms with Gasteiger partial charge >= 0.3 is 0 Å². The van der Waals surface area contributed by atoms with Gasteiger partial charge in [0.15, 0.2) is 16.6 Å². The van der Waals surface area contributed by atoms with Crippen molar-refractivity contribution < 1.29 is 9.47 Å². The molecule has 2 aliphatic heterocycles. The molecule has 2 aromatic carbocycles.